The van der Waals surface area contributed by atoms with E-state index >= 15 is 0 Å². The maximum absolute atomic E-state index is 13.6. The van der Waals surface area contributed by atoms with Crippen LogP contribution in [0.4, 0.5) is 0 Å². The molecule has 0 aliphatic heterocycles. The molecule has 31 heavy (non-hydrogen) atoms. The van der Waals surface area contributed by atoms with E-state index in [9.17, 15) is 15.0 Å². The number of aromatic nitrogens is 2. The van der Waals surface area contributed by atoms with Gasteiger partial charge in [-0.05, 0) is 55.5 Å². The van der Waals surface area contributed by atoms with Crippen LogP contribution in [0.15, 0.2) is 36.5 Å². The third-order valence-corrected chi connectivity index (χ3v) is 6.69. The van der Waals surface area contributed by atoms with Crippen molar-refractivity contribution in [1.29, 1.82) is 0 Å². The highest BCUT2D eigenvalue weighted by Crippen LogP contribution is 2.38. The summed E-state index contributed by atoms with van der Waals surface area (Å²) in [4.78, 5) is 18.3. The molecule has 5 nitrogen and oxygen atoms in total. The van der Waals surface area contributed by atoms with Crippen LogP contribution in [0, 0.1) is 18.3 Å². The molecule has 2 heterocycles. The fourth-order valence-electron chi connectivity index (χ4n) is 4.18. The maximum Gasteiger partial charge on any atom is 0.168 e. The number of Topliss-reactive ketones (excluding diaryl/α,β-unsaturated/α-hetero) is 1. The first kappa shape index (κ1) is 22.0. The minimum Gasteiger partial charge on any atom is -0.368 e. The van der Waals surface area contributed by atoms with Crippen molar-refractivity contribution in [2.24, 2.45) is 11.3 Å². The van der Waals surface area contributed by atoms with E-state index in [2.05, 4.69) is 4.57 Å². The first-order valence-electron chi connectivity index (χ1n) is 10.8. The molecule has 0 bridgehead atoms. The topological polar surface area (TPSA) is 75.3 Å². The zero-order valence-electron chi connectivity index (χ0n) is 18.2. The standard InChI is InChI=1S/C25H29ClN2O3/c1-15-11-19-21(22(29)17-5-4-6-17)20(12-25(2,3)24(30)31)28(23(19)27-13-15)14-16-7-9-18(26)10-8-16/h7-11,13,17,24,30-31H,4-6,12,14H2,1-3H3. The van der Waals surface area contributed by atoms with Crippen LogP contribution in [0.2, 0.25) is 5.02 Å². The number of carbonyl (C=O) groups is 1. The Labute approximate surface area is 187 Å². The number of aryl methyl sites for hydroxylation is 1. The lowest BCUT2D eigenvalue weighted by molar-refractivity contribution is -0.121. The molecule has 3 aromatic rings. The van der Waals surface area contributed by atoms with Crippen molar-refractivity contribution in [3.05, 3.63) is 63.9 Å². The predicted octanol–water partition coefficient (Wildman–Crippen LogP) is 4.91. The Bertz CT molecular complexity index is 1110. The van der Waals surface area contributed by atoms with Crippen LogP contribution in [0.3, 0.4) is 0 Å². The molecule has 164 valence electrons. The Morgan fingerprint density at radius 2 is 1.94 bits per heavy atom. The Morgan fingerprint density at radius 1 is 1.26 bits per heavy atom. The molecule has 6 heteroatoms. The number of hydrogen-bond donors (Lipinski definition) is 2. The van der Waals surface area contributed by atoms with E-state index in [0.717, 1.165) is 47.1 Å². The molecular weight excluding hydrogens is 412 g/mol. The summed E-state index contributed by atoms with van der Waals surface area (Å²) < 4.78 is 2.06. The summed E-state index contributed by atoms with van der Waals surface area (Å²) in [6.45, 7) is 6.10. The molecule has 0 radical (unpaired) electrons. The van der Waals surface area contributed by atoms with Crippen molar-refractivity contribution in [2.75, 3.05) is 0 Å². The van der Waals surface area contributed by atoms with E-state index in [-0.39, 0.29) is 11.7 Å². The minimum absolute atomic E-state index is 0.0380. The van der Waals surface area contributed by atoms with Gasteiger partial charge in [0.2, 0.25) is 0 Å². The van der Waals surface area contributed by atoms with Gasteiger partial charge < -0.3 is 14.8 Å². The molecule has 1 fully saturated rings. The van der Waals surface area contributed by atoms with Crippen molar-refractivity contribution >= 4 is 28.4 Å². The number of halogens is 1. The van der Waals surface area contributed by atoms with Crippen molar-refractivity contribution in [2.45, 2.75) is 59.3 Å². The van der Waals surface area contributed by atoms with Crippen LogP contribution in [-0.4, -0.2) is 31.8 Å². The number of rotatable bonds is 7. The smallest absolute Gasteiger partial charge is 0.168 e. The third kappa shape index (κ3) is 4.27. The first-order valence-corrected chi connectivity index (χ1v) is 11.2. The third-order valence-electron chi connectivity index (χ3n) is 6.44. The van der Waals surface area contributed by atoms with Crippen molar-refractivity contribution < 1.29 is 15.0 Å². The Morgan fingerprint density at radius 3 is 2.52 bits per heavy atom. The van der Waals surface area contributed by atoms with Crippen LogP contribution in [0.1, 0.15) is 60.3 Å². The monoisotopic (exact) mass is 440 g/mol. The largest absolute Gasteiger partial charge is 0.368 e. The molecule has 2 aromatic heterocycles. The van der Waals surface area contributed by atoms with Gasteiger partial charge in [-0.25, -0.2) is 4.98 Å². The number of pyridine rings is 1. The highest BCUT2D eigenvalue weighted by molar-refractivity contribution is 6.30. The van der Waals surface area contributed by atoms with Crippen molar-refractivity contribution in [1.82, 2.24) is 9.55 Å². The summed E-state index contributed by atoms with van der Waals surface area (Å²) in [6, 6.07) is 9.65. The molecule has 1 saturated carbocycles. The van der Waals surface area contributed by atoms with Gasteiger partial charge in [0.15, 0.2) is 12.1 Å². The van der Waals surface area contributed by atoms with Gasteiger partial charge >= 0.3 is 0 Å². The van der Waals surface area contributed by atoms with Gasteiger partial charge in [0.25, 0.3) is 0 Å². The molecule has 4 rings (SSSR count). The average molecular weight is 441 g/mol. The molecule has 0 saturated heterocycles. The second-order valence-electron chi connectivity index (χ2n) is 9.45. The molecule has 0 amide bonds. The summed E-state index contributed by atoms with van der Waals surface area (Å²) in [5.41, 5.74) is 3.47. The Hall–Kier alpha value is -2.21. The number of nitrogens with zero attached hydrogens (tertiary/aromatic N) is 2. The number of hydrogen-bond acceptors (Lipinski definition) is 4. The highest BCUT2D eigenvalue weighted by Gasteiger charge is 2.35. The quantitative estimate of drug-likeness (QED) is 0.404. The van der Waals surface area contributed by atoms with Crippen LogP contribution >= 0.6 is 11.6 Å². The van der Waals surface area contributed by atoms with Gasteiger partial charge in [0.05, 0.1) is 0 Å². The molecule has 0 atom stereocenters. The Kier molecular flexibility index (Phi) is 5.95. The lowest BCUT2D eigenvalue weighted by atomic mass is 9.78. The van der Waals surface area contributed by atoms with Crippen LogP contribution < -0.4 is 0 Å². The molecule has 0 unspecified atom stereocenters. The molecule has 0 spiro atoms. The van der Waals surface area contributed by atoms with Gasteiger partial charge in [-0.15, -0.1) is 0 Å². The predicted molar refractivity (Wildman–Crippen MR) is 122 cm³/mol. The SMILES string of the molecule is Cc1cnc2c(c1)c(C(=O)C1CCC1)c(CC(C)(C)C(O)O)n2Cc1ccc(Cl)cc1. The number of ketones is 1. The molecule has 1 aliphatic carbocycles. The molecular formula is C25H29ClN2O3. The number of benzene rings is 1. The van der Waals surface area contributed by atoms with Gasteiger partial charge in [-0.2, -0.15) is 0 Å². The van der Waals surface area contributed by atoms with E-state index in [1.165, 1.54) is 0 Å². The first-order chi connectivity index (χ1) is 14.7. The fourth-order valence-corrected chi connectivity index (χ4v) is 4.30. The van der Waals surface area contributed by atoms with Gasteiger partial charge in [-0.3, -0.25) is 4.79 Å². The van der Waals surface area contributed by atoms with Crippen LogP contribution in [0.5, 0.6) is 0 Å². The van der Waals surface area contributed by atoms with E-state index in [4.69, 9.17) is 16.6 Å². The number of carbonyl (C=O) groups excluding carboxylic acids is 1. The molecule has 2 N–H and O–H groups in total. The van der Waals surface area contributed by atoms with Gasteiger partial charge in [0.1, 0.15) is 5.65 Å². The van der Waals surface area contributed by atoms with Crippen LogP contribution in [0.25, 0.3) is 11.0 Å². The van der Waals surface area contributed by atoms with E-state index < -0.39 is 11.7 Å². The average Bonchev–Trinajstić information content (AvgIpc) is 2.93. The summed E-state index contributed by atoms with van der Waals surface area (Å²) in [7, 11) is 0. The number of aliphatic hydroxyl groups is 2. The van der Waals surface area contributed by atoms with Crippen LogP contribution in [-0.2, 0) is 13.0 Å². The van der Waals surface area contributed by atoms with E-state index in [1.54, 1.807) is 13.8 Å². The van der Waals surface area contributed by atoms with Gasteiger partial charge in [0, 0.05) is 45.7 Å². The zero-order chi connectivity index (χ0) is 22.3. The van der Waals surface area contributed by atoms with E-state index in [1.807, 2.05) is 43.5 Å². The lowest BCUT2D eigenvalue weighted by Crippen LogP contribution is -2.33. The highest BCUT2D eigenvalue weighted by atomic mass is 35.5. The minimum atomic E-state index is -1.50. The lowest BCUT2D eigenvalue weighted by Gasteiger charge is -2.29. The molecule has 1 aliphatic rings. The fraction of sp³-hybridized carbons (Fsp3) is 0.440. The maximum atomic E-state index is 13.6. The van der Waals surface area contributed by atoms with Crippen molar-refractivity contribution in [3.63, 3.8) is 0 Å². The van der Waals surface area contributed by atoms with Crippen molar-refractivity contribution in [3.8, 4) is 0 Å². The number of fused-ring (bicyclic) bond motifs is 1. The number of aliphatic hydroxyl groups excluding tert-OH is 1. The second kappa shape index (κ2) is 8.38. The van der Waals surface area contributed by atoms with Gasteiger partial charge in [-0.1, -0.05) is 44.0 Å². The second-order valence-corrected chi connectivity index (χ2v) is 9.89. The summed E-state index contributed by atoms with van der Waals surface area (Å²) in [6.07, 6.45) is 3.56. The summed E-state index contributed by atoms with van der Waals surface area (Å²) in [5.74, 6) is 0.188. The Balaban J connectivity index is 1.93. The summed E-state index contributed by atoms with van der Waals surface area (Å²) >= 11 is 6.06. The normalized spacial score (nSPS) is 14.9. The van der Waals surface area contributed by atoms with E-state index in [0.29, 0.717) is 23.6 Å². The molecule has 1 aromatic carbocycles. The summed E-state index contributed by atoms with van der Waals surface area (Å²) in [5, 5.41) is 21.5. The zero-order valence-corrected chi connectivity index (χ0v) is 19.0.